The Morgan fingerprint density at radius 3 is 2.69 bits per heavy atom. The van der Waals surface area contributed by atoms with Crippen LogP contribution in [0.3, 0.4) is 0 Å². The largest absolute Gasteiger partial charge is 0.393 e. The number of pyridine rings is 1. The number of aliphatic hydroxyl groups is 1. The number of hydrogen-bond donors (Lipinski definition) is 2. The number of carbonyl (C=O) groups excluding carboxylic acids is 1. The van der Waals surface area contributed by atoms with Crippen LogP contribution in [0.15, 0.2) is 60.9 Å². The first kappa shape index (κ1) is 16.8. The van der Waals surface area contributed by atoms with Crippen LogP contribution in [-0.4, -0.2) is 26.5 Å². The van der Waals surface area contributed by atoms with Crippen LogP contribution in [0.1, 0.15) is 36.6 Å². The van der Waals surface area contributed by atoms with Crippen molar-refractivity contribution in [1.82, 2.24) is 14.7 Å². The topological polar surface area (TPSA) is 66.6 Å². The Labute approximate surface area is 152 Å². The molecule has 1 fully saturated rings. The maximum absolute atomic E-state index is 12.5. The fraction of sp³-hybridized carbons (Fsp3) is 0.333. The maximum Gasteiger partial charge on any atom is 0.220 e. The van der Waals surface area contributed by atoms with Gasteiger partial charge in [0.2, 0.25) is 5.91 Å². The number of aryl methyl sites for hydroxylation is 1. The third-order valence-corrected chi connectivity index (χ3v) is 5.12. The number of fused-ring (bicyclic) bond motifs is 1. The highest BCUT2D eigenvalue weighted by Crippen LogP contribution is 2.38. The number of aromatic nitrogens is 2. The summed E-state index contributed by atoms with van der Waals surface area (Å²) < 4.78 is 1.97. The first-order chi connectivity index (χ1) is 12.7. The predicted octanol–water partition coefficient (Wildman–Crippen LogP) is 2.90. The average molecular weight is 349 g/mol. The van der Waals surface area contributed by atoms with Crippen molar-refractivity contribution in [3.05, 3.63) is 72.2 Å². The number of rotatable bonds is 6. The third kappa shape index (κ3) is 3.63. The molecule has 1 amide bonds. The Morgan fingerprint density at radius 2 is 1.96 bits per heavy atom. The summed E-state index contributed by atoms with van der Waals surface area (Å²) in [7, 11) is 0. The summed E-state index contributed by atoms with van der Waals surface area (Å²) in [6.07, 6.45) is 6.20. The second-order valence-electron chi connectivity index (χ2n) is 7.04. The van der Waals surface area contributed by atoms with Gasteiger partial charge in [-0.2, -0.15) is 0 Å². The van der Waals surface area contributed by atoms with Crippen LogP contribution < -0.4 is 5.32 Å². The summed E-state index contributed by atoms with van der Waals surface area (Å²) >= 11 is 0. The van der Waals surface area contributed by atoms with Crippen molar-refractivity contribution >= 4 is 11.6 Å². The van der Waals surface area contributed by atoms with Crippen LogP contribution in [0.25, 0.3) is 5.65 Å². The lowest BCUT2D eigenvalue weighted by atomic mass is 9.75. The molecule has 0 spiro atoms. The number of imidazole rings is 1. The van der Waals surface area contributed by atoms with E-state index < -0.39 is 0 Å². The van der Waals surface area contributed by atoms with E-state index in [2.05, 4.69) is 10.3 Å². The molecule has 0 saturated heterocycles. The van der Waals surface area contributed by atoms with Gasteiger partial charge in [0.1, 0.15) is 5.65 Å². The first-order valence-electron chi connectivity index (χ1n) is 9.14. The average Bonchev–Trinajstić information content (AvgIpc) is 3.06. The van der Waals surface area contributed by atoms with E-state index in [1.165, 1.54) is 0 Å². The van der Waals surface area contributed by atoms with Gasteiger partial charge in [0, 0.05) is 18.8 Å². The van der Waals surface area contributed by atoms with E-state index >= 15 is 0 Å². The second-order valence-corrected chi connectivity index (χ2v) is 7.04. The molecule has 26 heavy (non-hydrogen) atoms. The summed E-state index contributed by atoms with van der Waals surface area (Å²) in [6, 6.07) is 15.9. The molecule has 1 atom stereocenters. The number of amides is 1. The van der Waals surface area contributed by atoms with Crippen molar-refractivity contribution in [3.63, 3.8) is 0 Å². The van der Waals surface area contributed by atoms with Gasteiger partial charge in [-0.25, -0.2) is 4.98 Å². The SMILES string of the molecule is O=C(CCc1cn2ccccc2n1)N[C@H](c1ccccc1)C1CC(O)C1. The second kappa shape index (κ2) is 7.30. The number of hydrogen-bond acceptors (Lipinski definition) is 3. The van der Waals surface area contributed by atoms with Gasteiger partial charge in [0.05, 0.1) is 17.8 Å². The van der Waals surface area contributed by atoms with Crippen molar-refractivity contribution in [2.24, 2.45) is 5.92 Å². The minimum Gasteiger partial charge on any atom is -0.393 e. The number of nitrogens with zero attached hydrogens (tertiary/aromatic N) is 2. The molecule has 2 aromatic heterocycles. The third-order valence-electron chi connectivity index (χ3n) is 5.12. The van der Waals surface area contributed by atoms with Crippen LogP contribution in [0.2, 0.25) is 0 Å². The van der Waals surface area contributed by atoms with Crippen LogP contribution >= 0.6 is 0 Å². The van der Waals surface area contributed by atoms with E-state index in [0.717, 1.165) is 29.7 Å². The molecule has 0 unspecified atom stereocenters. The van der Waals surface area contributed by atoms with Gasteiger partial charge in [0.25, 0.3) is 0 Å². The standard InChI is InChI=1S/C21H23N3O2/c25-18-12-16(13-18)21(15-6-2-1-3-7-15)23-20(26)10-9-17-14-24-11-5-4-8-19(24)22-17/h1-8,11,14,16,18,21,25H,9-10,12-13H2,(H,23,26)/t16?,18?,21-/m1/s1. The molecule has 1 saturated carbocycles. The van der Waals surface area contributed by atoms with Crippen LogP contribution in [0.5, 0.6) is 0 Å². The van der Waals surface area contributed by atoms with Crippen molar-refractivity contribution < 1.29 is 9.90 Å². The lowest BCUT2D eigenvalue weighted by molar-refractivity contribution is -0.123. The zero-order valence-electron chi connectivity index (χ0n) is 14.6. The minimum atomic E-state index is -0.235. The Hall–Kier alpha value is -2.66. The molecule has 0 aliphatic heterocycles. The van der Waals surface area contributed by atoms with Crippen molar-refractivity contribution in [2.45, 2.75) is 37.8 Å². The molecule has 0 bridgehead atoms. The van der Waals surface area contributed by atoms with E-state index in [4.69, 9.17) is 0 Å². The molecule has 1 aromatic carbocycles. The zero-order valence-corrected chi connectivity index (χ0v) is 14.6. The molecule has 3 aromatic rings. The molecule has 134 valence electrons. The molecule has 0 radical (unpaired) electrons. The highest BCUT2D eigenvalue weighted by atomic mass is 16.3. The molecule has 2 N–H and O–H groups in total. The highest BCUT2D eigenvalue weighted by Gasteiger charge is 2.35. The van der Waals surface area contributed by atoms with Crippen molar-refractivity contribution in [3.8, 4) is 0 Å². The summed E-state index contributed by atoms with van der Waals surface area (Å²) in [5.74, 6) is 0.323. The smallest absolute Gasteiger partial charge is 0.220 e. The summed E-state index contributed by atoms with van der Waals surface area (Å²) in [4.78, 5) is 17.1. The zero-order chi connectivity index (χ0) is 17.9. The van der Waals surface area contributed by atoms with Gasteiger partial charge < -0.3 is 14.8 Å². The van der Waals surface area contributed by atoms with Gasteiger partial charge in [-0.15, -0.1) is 0 Å². The number of aliphatic hydroxyl groups excluding tert-OH is 1. The van der Waals surface area contributed by atoms with Gasteiger partial charge in [0.15, 0.2) is 0 Å². The summed E-state index contributed by atoms with van der Waals surface area (Å²) in [5.41, 5.74) is 2.92. The lowest BCUT2D eigenvalue weighted by Gasteiger charge is -2.38. The highest BCUT2D eigenvalue weighted by molar-refractivity contribution is 5.76. The Kier molecular flexibility index (Phi) is 4.71. The van der Waals surface area contributed by atoms with Crippen LogP contribution in [-0.2, 0) is 11.2 Å². The van der Waals surface area contributed by atoms with Crippen molar-refractivity contribution in [1.29, 1.82) is 0 Å². The quantitative estimate of drug-likeness (QED) is 0.719. The lowest BCUT2D eigenvalue weighted by Crippen LogP contribution is -2.41. The first-order valence-corrected chi connectivity index (χ1v) is 9.14. The number of benzene rings is 1. The van der Waals surface area contributed by atoms with Gasteiger partial charge in [-0.05, 0) is 42.9 Å². The maximum atomic E-state index is 12.5. The Bertz CT molecular complexity index is 851. The molecule has 4 rings (SSSR count). The van der Waals surface area contributed by atoms with E-state index in [9.17, 15) is 9.90 Å². The Morgan fingerprint density at radius 1 is 1.19 bits per heavy atom. The van der Waals surface area contributed by atoms with E-state index in [0.29, 0.717) is 18.8 Å². The molecular formula is C21H23N3O2. The van der Waals surface area contributed by atoms with E-state index in [-0.39, 0.29) is 18.1 Å². The van der Waals surface area contributed by atoms with Crippen molar-refractivity contribution in [2.75, 3.05) is 0 Å². The number of nitrogens with one attached hydrogen (secondary N) is 1. The van der Waals surface area contributed by atoms with Gasteiger partial charge >= 0.3 is 0 Å². The monoisotopic (exact) mass is 349 g/mol. The van der Waals surface area contributed by atoms with E-state index in [1.807, 2.05) is 65.3 Å². The Balaban J connectivity index is 1.40. The molecule has 5 nitrogen and oxygen atoms in total. The fourth-order valence-electron chi connectivity index (χ4n) is 3.63. The number of carbonyl (C=O) groups is 1. The van der Waals surface area contributed by atoms with Crippen LogP contribution in [0.4, 0.5) is 0 Å². The van der Waals surface area contributed by atoms with Gasteiger partial charge in [-0.3, -0.25) is 4.79 Å². The molecular weight excluding hydrogens is 326 g/mol. The summed E-state index contributed by atoms with van der Waals surface area (Å²) in [5, 5.41) is 12.8. The van der Waals surface area contributed by atoms with Crippen LogP contribution in [0, 0.1) is 5.92 Å². The fourth-order valence-corrected chi connectivity index (χ4v) is 3.63. The molecule has 1 aliphatic rings. The summed E-state index contributed by atoms with van der Waals surface area (Å²) in [6.45, 7) is 0. The predicted molar refractivity (Wildman–Crippen MR) is 99.6 cm³/mol. The van der Waals surface area contributed by atoms with Gasteiger partial charge in [-0.1, -0.05) is 36.4 Å². The minimum absolute atomic E-state index is 0.0253. The molecule has 5 heteroatoms. The normalized spacial score (nSPS) is 20.5. The molecule has 2 heterocycles. The van der Waals surface area contributed by atoms with E-state index in [1.54, 1.807) is 0 Å². The molecule has 1 aliphatic carbocycles.